The third-order valence-corrected chi connectivity index (χ3v) is 4.08. The van der Waals surface area contributed by atoms with Crippen LogP contribution in [-0.4, -0.2) is 47.9 Å². The molecule has 0 spiro atoms. The summed E-state index contributed by atoms with van der Waals surface area (Å²) in [6.07, 6.45) is 0. The Balaban J connectivity index is 2.21. The maximum Gasteiger partial charge on any atom is 0.254 e. The molecule has 1 heterocycles. The Kier molecular flexibility index (Phi) is 3.54. The van der Waals surface area contributed by atoms with E-state index < -0.39 is 0 Å². The Morgan fingerprint density at radius 2 is 2.00 bits per heavy atom. The summed E-state index contributed by atoms with van der Waals surface area (Å²) < 4.78 is 0. The number of nitrogens with zero attached hydrogens (tertiary/aromatic N) is 2. The first-order valence-electron chi connectivity index (χ1n) is 6.68. The van der Waals surface area contributed by atoms with Gasteiger partial charge in [-0.05, 0) is 51.6 Å². The molecule has 19 heavy (non-hydrogen) atoms. The van der Waals surface area contributed by atoms with Gasteiger partial charge in [-0.15, -0.1) is 0 Å². The summed E-state index contributed by atoms with van der Waals surface area (Å²) in [5, 5.41) is 0. The van der Waals surface area contributed by atoms with Gasteiger partial charge >= 0.3 is 0 Å². The smallest absolute Gasteiger partial charge is 0.254 e. The van der Waals surface area contributed by atoms with Gasteiger partial charge < -0.3 is 10.6 Å². The minimum Gasteiger partial charge on any atom is -0.399 e. The van der Waals surface area contributed by atoms with Crippen LogP contribution in [0.1, 0.15) is 29.8 Å². The second-order valence-electron chi connectivity index (χ2n) is 6.04. The Morgan fingerprint density at radius 1 is 1.32 bits per heavy atom. The fraction of sp³-hybridized carbons (Fsp3) is 0.533. The van der Waals surface area contributed by atoms with Crippen LogP contribution in [0.25, 0.3) is 0 Å². The Morgan fingerprint density at radius 3 is 2.58 bits per heavy atom. The van der Waals surface area contributed by atoms with Crippen molar-refractivity contribution in [3.05, 3.63) is 29.3 Å². The van der Waals surface area contributed by atoms with Crippen LogP contribution in [0.3, 0.4) is 0 Å². The molecular weight excluding hydrogens is 238 g/mol. The van der Waals surface area contributed by atoms with Crippen molar-refractivity contribution < 1.29 is 4.79 Å². The van der Waals surface area contributed by atoms with Crippen molar-refractivity contribution in [1.82, 2.24) is 9.80 Å². The highest BCUT2D eigenvalue weighted by Gasteiger charge is 2.33. The van der Waals surface area contributed by atoms with Crippen LogP contribution in [-0.2, 0) is 0 Å². The summed E-state index contributed by atoms with van der Waals surface area (Å²) in [5.41, 5.74) is 8.17. The van der Waals surface area contributed by atoms with E-state index >= 15 is 0 Å². The largest absolute Gasteiger partial charge is 0.399 e. The van der Waals surface area contributed by atoms with E-state index in [1.54, 1.807) is 6.07 Å². The maximum atomic E-state index is 12.6. The number of benzene rings is 1. The summed E-state index contributed by atoms with van der Waals surface area (Å²) >= 11 is 0. The molecule has 0 radical (unpaired) electrons. The third kappa shape index (κ3) is 2.73. The SMILES string of the molecule is Cc1cc(N)ccc1C(=O)N1CCN(C)C(C)(C)C1. The molecule has 1 fully saturated rings. The normalized spacial score (nSPS) is 19.5. The lowest BCUT2D eigenvalue weighted by Crippen LogP contribution is -2.58. The van der Waals surface area contributed by atoms with Gasteiger partial charge in [0, 0.05) is 36.4 Å². The predicted molar refractivity (Wildman–Crippen MR) is 78.2 cm³/mol. The summed E-state index contributed by atoms with van der Waals surface area (Å²) in [6.45, 7) is 8.72. The number of likely N-dealkylation sites (N-methyl/N-ethyl adjacent to an activating group) is 1. The van der Waals surface area contributed by atoms with Crippen molar-refractivity contribution in [2.45, 2.75) is 26.3 Å². The number of hydrogen-bond donors (Lipinski definition) is 1. The zero-order valence-corrected chi connectivity index (χ0v) is 12.2. The van der Waals surface area contributed by atoms with Gasteiger partial charge in [-0.25, -0.2) is 0 Å². The van der Waals surface area contributed by atoms with E-state index in [4.69, 9.17) is 5.73 Å². The first-order valence-corrected chi connectivity index (χ1v) is 6.68. The van der Waals surface area contributed by atoms with E-state index in [0.29, 0.717) is 5.69 Å². The average molecular weight is 261 g/mol. The number of carbonyl (C=O) groups is 1. The molecule has 0 aliphatic carbocycles. The van der Waals surface area contributed by atoms with E-state index in [1.165, 1.54) is 0 Å². The number of anilines is 1. The van der Waals surface area contributed by atoms with Crippen LogP contribution < -0.4 is 5.73 Å². The van der Waals surface area contributed by atoms with Gasteiger partial charge in [0.1, 0.15) is 0 Å². The van der Waals surface area contributed by atoms with Crippen LogP contribution in [0.15, 0.2) is 18.2 Å². The van der Waals surface area contributed by atoms with Crippen molar-refractivity contribution in [3.63, 3.8) is 0 Å². The quantitative estimate of drug-likeness (QED) is 0.783. The fourth-order valence-electron chi connectivity index (χ4n) is 2.51. The molecule has 104 valence electrons. The van der Waals surface area contributed by atoms with Crippen molar-refractivity contribution >= 4 is 11.6 Å². The first kappa shape index (κ1) is 13.9. The molecule has 4 nitrogen and oxygen atoms in total. The number of nitrogen functional groups attached to an aromatic ring is 1. The molecule has 0 aromatic heterocycles. The van der Waals surface area contributed by atoms with E-state index in [0.717, 1.165) is 30.8 Å². The summed E-state index contributed by atoms with van der Waals surface area (Å²) in [7, 11) is 2.11. The van der Waals surface area contributed by atoms with Crippen molar-refractivity contribution in [1.29, 1.82) is 0 Å². The number of carbonyl (C=O) groups excluding carboxylic acids is 1. The van der Waals surface area contributed by atoms with E-state index in [2.05, 4.69) is 25.8 Å². The highest BCUT2D eigenvalue weighted by Crippen LogP contribution is 2.22. The van der Waals surface area contributed by atoms with E-state index in [1.807, 2.05) is 24.0 Å². The molecule has 1 aliphatic heterocycles. The molecule has 1 aromatic carbocycles. The van der Waals surface area contributed by atoms with Crippen molar-refractivity contribution in [3.8, 4) is 0 Å². The van der Waals surface area contributed by atoms with E-state index in [9.17, 15) is 4.79 Å². The van der Waals surface area contributed by atoms with Gasteiger partial charge in [0.25, 0.3) is 5.91 Å². The molecule has 2 N–H and O–H groups in total. The van der Waals surface area contributed by atoms with Crippen LogP contribution >= 0.6 is 0 Å². The fourth-order valence-corrected chi connectivity index (χ4v) is 2.51. The number of amides is 1. The molecule has 0 bridgehead atoms. The Hall–Kier alpha value is -1.55. The summed E-state index contributed by atoms with van der Waals surface area (Å²) in [6, 6.07) is 5.48. The maximum absolute atomic E-state index is 12.6. The van der Waals surface area contributed by atoms with Crippen molar-refractivity contribution in [2.75, 3.05) is 32.4 Å². The standard InChI is InChI=1S/C15H23N3O/c1-11-9-12(16)5-6-13(11)14(19)18-8-7-17(4)15(2,3)10-18/h5-6,9H,7-8,10,16H2,1-4H3. The summed E-state index contributed by atoms with van der Waals surface area (Å²) in [5.74, 6) is 0.110. The lowest BCUT2D eigenvalue weighted by molar-refractivity contribution is 0.0311. The number of nitrogens with two attached hydrogens (primary N) is 1. The van der Waals surface area contributed by atoms with Gasteiger partial charge in [-0.3, -0.25) is 9.69 Å². The lowest BCUT2D eigenvalue weighted by Gasteiger charge is -2.45. The number of rotatable bonds is 1. The predicted octanol–water partition coefficient (Wildman–Crippen LogP) is 1.74. The van der Waals surface area contributed by atoms with Crippen molar-refractivity contribution in [2.24, 2.45) is 0 Å². The van der Waals surface area contributed by atoms with Gasteiger partial charge in [0.2, 0.25) is 0 Å². The van der Waals surface area contributed by atoms with Crippen LogP contribution in [0, 0.1) is 6.92 Å². The molecule has 0 unspecified atom stereocenters. The van der Waals surface area contributed by atoms with Crippen LogP contribution in [0.4, 0.5) is 5.69 Å². The number of hydrogen-bond acceptors (Lipinski definition) is 3. The first-order chi connectivity index (χ1) is 8.81. The molecule has 0 atom stereocenters. The second kappa shape index (κ2) is 4.85. The lowest BCUT2D eigenvalue weighted by atomic mass is 9.98. The summed E-state index contributed by atoms with van der Waals surface area (Å²) in [4.78, 5) is 16.8. The number of piperazine rings is 1. The minimum absolute atomic E-state index is 0.0234. The molecule has 1 saturated heterocycles. The zero-order chi connectivity index (χ0) is 14.2. The van der Waals surface area contributed by atoms with E-state index in [-0.39, 0.29) is 11.4 Å². The molecule has 0 saturated carbocycles. The average Bonchev–Trinajstić information content (AvgIpc) is 2.32. The van der Waals surface area contributed by atoms with Gasteiger partial charge in [0.15, 0.2) is 0 Å². The Labute approximate surface area is 115 Å². The highest BCUT2D eigenvalue weighted by atomic mass is 16.2. The second-order valence-corrected chi connectivity index (χ2v) is 6.04. The zero-order valence-electron chi connectivity index (χ0n) is 12.2. The highest BCUT2D eigenvalue weighted by molar-refractivity contribution is 5.96. The van der Waals surface area contributed by atoms with Gasteiger partial charge in [0.05, 0.1) is 0 Å². The monoisotopic (exact) mass is 261 g/mol. The molecule has 4 heteroatoms. The topological polar surface area (TPSA) is 49.6 Å². The minimum atomic E-state index is 0.0234. The molecule has 1 aromatic rings. The van der Waals surface area contributed by atoms with Crippen LogP contribution in [0.5, 0.6) is 0 Å². The number of aryl methyl sites for hydroxylation is 1. The van der Waals surface area contributed by atoms with Gasteiger partial charge in [-0.2, -0.15) is 0 Å². The molecule has 1 aliphatic rings. The van der Waals surface area contributed by atoms with Gasteiger partial charge in [-0.1, -0.05) is 0 Å². The molecular formula is C15H23N3O. The molecule has 1 amide bonds. The molecule has 2 rings (SSSR count). The third-order valence-electron chi connectivity index (χ3n) is 4.08. The Bertz CT molecular complexity index is 496. The van der Waals surface area contributed by atoms with Crippen LogP contribution in [0.2, 0.25) is 0 Å².